The summed E-state index contributed by atoms with van der Waals surface area (Å²) >= 11 is 1.68. The van der Waals surface area contributed by atoms with Gasteiger partial charge in [-0.1, -0.05) is 30.8 Å². The zero-order valence-electron chi connectivity index (χ0n) is 13.4. The summed E-state index contributed by atoms with van der Waals surface area (Å²) in [5, 5.41) is 5.44. The van der Waals surface area contributed by atoms with Crippen molar-refractivity contribution in [2.45, 2.75) is 19.0 Å². The predicted molar refractivity (Wildman–Crippen MR) is 91.9 cm³/mol. The van der Waals surface area contributed by atoms with Crippen molar-refractivity contribution in [2.75, 3.05) is 44.8 Å². The average molecular weight is 305 g/mol. The van der Waals surface area contributed by atoms with Gasteiger partial charge < -0.3 is 9.80 Å². The summed E-state index contributed by atoms with van der Waals surface area (Å²) in [6, 6.07) is 8.19. The molecule has 114 valence electrons. The van der Waals surface area contributed by atoms with Crippen LogP contribution in [0.5, 0.6) is 0 Å². The number of quaternary nitrogens is 1. The van der Waals surface area contributed by atoms with Crippen molar-refractivity contribution in [1.82, 2.24) is 9.97 Å². The standard InChI is InChI=1S/C16H25N4S/c1-5-20(3,4)12-11-17-15-13-9-7-8-10-14(13)18-16(19-15)21-6-2/h7-10H,5-6,11-12H2,1-4H3,(H,17,18,19)/q+1. The highest BCUT2D eigenvalue weighted by Gasteiger charge is 2.12. The van der Waals surface area contributed by atoms with Gasteiger partial charge in [0.25, 0.3) is 0 Å². The molecule has 0 radical (unpaired) electrons. The van der Waals surface area contributed by atoms with E-state index in [1.807, 2.05) is 18.2 Å². The van der Waals surface area contributed by atoms with Gasteiger partial charge in [0.2, 0.25) is 0 Å². The van der Waals surface area contributed by atoms with Crippen LogP contribution in [-0.2, 0) is 0 Å². The Hall–Kier alpha value is -1.33. The second-order valence-electron chi connectivity index (χ2n) is 5.71. The molecule has 0 atom stereocenters. The second-order valence-corrected chi connectivity index (χ2v) is 6.94. The van der Waals surface area contributed by atoms with Gasteiger partial charge in [0, 0.05) is 5.39 Å². The van der Waals surface area contributed by atoms with Gasteiger partial charge in [0.05, 0.1) is 39.2 Å². The maximum Gasteiger partial charge on any atom is 0.190 e. The topological polar surface area (TPSA) is 37.8 Å². The molecule has 1 aromatic carbocycles. The predicted octanol–water partition coefficient (Wildman–Crippen LogP) is 3.25. The number of para-hydroxylation sites is 1. The van der Waals surface area contributed by atoms with E-state index >= 15 is 0 Å². The van der Waals surface area contributed by atoms with Crippen LogP contribution in [0.15, 0.2) is 29.4 Å². The molecule has 0 aliphatic heterocycles. The quantitative estimate of drug-likeness (QED) is 0.484. The zero-order valence-corrected chi connectivity index (χ0v) is 14.2. The van der Waals surface area contributed by atoms with Crippen molar-refractivity contribution in [3.05, 3.63) is 24.3 Å². The lowest BCUT2D eigenvalue weighted by molar-refractivity contribution is -0.886. The Morgan fingerprint density at radius 1 is 1.14 bits per heavy atom. The first kappa shape index (κ1) is 16.0. The van der Waals surface area contributed by atoms with Gasteiger partial charge in [-0.2, -0.15) is 0 Å². The lowest BCUT2D eigenvalue weighted by Crippen LogP contribution is -2.42. The summed E-state index contributed by atoms with van der Waals surface area (Å²) in [5.41, 5.74) is 1.01. The number of likely N-dealkylation sites (N-methyl/N-ethyl adjacent to an activating group) is 1. The molecule has 0 saturated carbocycles. The SMILES string of the molecule is CCSc1nc(NCC[N+](C)(C)CC)c2ccccc2n1. The number of anilines is 1. The lowest BCUT2D eigenvalue weighted by atomic mass is 10.2. The second kappa shape index (κ2) is 7.09. The molecule has 1 N–H and O–H groups in total. The number of nitrogens with zero attached hydrogens (tertiary/aromatic N) is 3. The van der Waals surface area contributed by atoms with Gasteiger partial charge in [0.15, 0.2) is 5.16 Å². The van der Waals surface area contributed by atoms with Gasteiger partial charge in [-0.15, -0.1) is 0 Å². The molecular weight excluding hydrogens is 280 g/mol. The molecule has 1 aromatic heterocycles. The molecule has 0 amide bonds. The van der Waals surface area contributed by atoms with Gasteiger partial charge in [-0.25, -0.2) is 9.97 Å². The van der Waals surface area contributed by atoms with Crippen LogP contribution < -0.4 is 5.32 Å². The summed E-state index contributed by atoms with van der Waals surface area (Å²) in [7, 11) is 4.50. The van der Waals surface area contributed by atoms with E-state index in [9.17, 15) is 0 Å². The van der Waals surface area contributed by atoms with Crippen LogP contribution in [-0.4, -0.2) is 53.9 Å². The van der Waals surface area contributed by atoms with Gasteiger partial charge in [-0.05, 0) is 24.8 Å². The van der Waals surface area contributed by atoms with Crippen LogP contribution in [0.3, 0.4) is 0 Å². The summed E-state index contributed by atoms with van der Waals surface area (Å²) < 4.78 is 1.01. The van der Waals surface area contributed by atoms with Crippen LogP contribution in [0.1, 0.15) is 13.8 Å². The number of aromatic nitrogens is 2. The fraction of sp³-hybridized carbons (Fsp3) is 0.500. The summed E-state index contributed by atoms with van der Waals surface area (Å²) in [5.74, 6) is 1.94. The molecular formula is C16H25N4S+. The highest BCUT2D eigenvalue weighted by molar-refractivity contribution is 7.99. The van der Waals surface area contributed by atoms with E-state index in [-0.39, 0.29) is 0 Å². The molecule has 5 heteroatoms. The molecule has 0 bridgehead atoms. The Kier molecular flexibility index (Phi) is 5.42. The van der Waals surface area contributed by atoms with Crippen LogP contribution in [0.25, 0.3) is 10.9 Å². The summed E-state index contributed by atoms with van der Waals surface area (Å²) in [6.45, 7) is 7.46. The number of fused-ring (bicyclic) bond motifs is 1. The largest absolute Gasteiger partial charge is 0.364 e. The Labute approximate surface area is 131 Å². The maximum atomic E-state index is 4.67. The summed E-state index contributed by atoms with van der Waals surface area (Å²) in [4.78, 5) is 9.28. The molecule has 2 rings (SSSR count). The van der Waals surface area contributed by atoms with Crippen LogP contribution in [0.2, 0.25) is 0 Å². The van der Waals surface area contributed by atoms with Crippen molar-refractivity contribution < 1.29 is 4.48 Å². The molecule has 0 unspecified atom stereocenters. The monoisotopic (exact) mass is 305 g/mol. The van der Waals surface area contributed by atoms with Gasteiger partial charge in [-0.3, -0.25) is 0 Å². The van der Waals surface area contributed by atoms with E-state index in [0.717, 1.165) is 51.7 Å². The number of nitrogens with one attached hydrogen (secondary N) is 1. The molecule has 0 aliphatic rings. The third kappa shape index (κ3) is 4.32. The van der Waals surface area contributed by atoms with E-state index in [0.29, 0.717) is 0 Å². The van der Waals surface area contributed by atoms with E-state index < -0.39 is 0 Å². The summed E-state index contributed by atoms with van der Waals surface area (Å²) in [6.07, 6.45) is 0. The third-order valence-electron chi connectivity index (χ3n) is 3.72. The number of hydrogen-bond donors (Lipinski definition) is 1. The number of thioether (sulfide) groups is 1. The van der Waals surface area contributed by atoms with Crippen molar-refractivity contribution >= 4 is 28.5 Å². The number of hydrogen-bond acceptors (Lipinski definition) is 4. The third-order valence-corrected chi connectivity index (χ3v) is 4.45. The Morgan fingerprint density at radius 3 is 2.62 bits per heavy atom. The highest BCUT2D eigenvalue weighted by Crippen LogP contribution is 2.24. The Balaban J connectivity index is 2.20. The molecule has 0 fully saturated rings. The van der Waals surface area contributed by atoms with Gasteiger partial charge in [0.1, 0.15) is 5.82 Å². The molecule has 1 heterocycles. The molecule has 2 aromatic rings. The van der Waals surface area contributed by atoms with Crippen LogP contribution in [0.4, 0.5) is 5.82 Å². The van der Waals surface area contributed by atoms with Crippen LogP contribution in [0, 0.1) is 0 Å². The first-order chi connectivity index (χ1) is 10.1. The minimum Gasteiger partial charge on any atom is -0.364 e. The first-order valence-electron chi connectivity index (χ1n) is 7.51. The van der Waals surface area contributed by atoms with E-state index in [2.05, 4.69) is 49.3 Å². The minimum atomic E-state index is 0.850. The van der Waals surface area contributed by atoms with Crippen molar-refractivity contribution in [3.8, 4) is 0 Å². The van der Waals surface area contributed by atoms with E-state index in [1.165, 1.54) is 0 Å². The first-order valence-corrected chi connectivity index (χ1v) is 8.49. The molecule has 0 aliphatic carbocycles. The van der Waals surface area contributed by atoms with Crippen molar-refractivity contribution in [2.24, 2.45) is 0 Å². The average Bonchev–Trinajstić information content (AvgIpc) is 2.47. The van der Waals surface area contributed by atoms with Crippen molar-refractivity contribution in [1.29, 1.82) is 0 Å². The van der Waals surface area contributed by atoms with Gasteiger partial charge >= 0.3 is 0 Å². The smallest absolute Gasteiger partial charge is 0.190 e. The molecule has 21 heavy (non-hydrogen) atoms. The molecule has 0 saturated heterocycles. The Morgan fingerprint density at radius 2 is 1.90 bits per heavy atom. The minimum absolute atomic E-state index is 0.850. The number of rotatable bonds is 7. The number of benzene rings is 1. The normalized spacial score (nSPS) is 11.8. The lowest BCUT2D eigenvalue weighted by Gasteiger charge is -2.28. The Bertz CT molecular complexity index is 598. The van der Waals surface area contributed by atoms with E-state index in [1.54, 1.807) is 11.8 Å². The fourth-order valence-corrected chi connectivity index (χ4v) is 2.60. The zero-order chi connectivity index (χ0) is 15.3. The molecule has 0 spiro atoms. The highest BCUT2D eigenvalue weighted by atomic mass is 32.2. The molecule has 4 nitrogen and oxygen atoms in total. The fourth-order valence-electron chi connectivity index (χ4n) is 2.02. The maximum absolute atomic E-state index is 4.67. The van der Waals surface area contributed by atoms with Crippen molar-refractivity contribution in [3.63, 3.8) is 0 Å². The van der Waals surface area contributed by atoms with Crippen LogP contribution >= 0.6 is 11.8 Å². The van der Waals surface area contributed by atoms with E-state index in [4.69, 9.17) is 0 Å².